The molecule has 1 fully saturated rings. The van der Waals surface area contributed by atoms with Gasteiger partial charge in [0.2, 0.25) is 0 Å². The van der Waals surface area contributed by atoms with Crippen molar-refractivity contribution in [2.75, 3.05) is 13.2 Å². The average Bonchev–Trinajstić information content (AvgIpc) is 2.23. The normalized spacial score (nSPS) is 31.7. The van der Waals surface area contributed by atoms with Crippen molar-refractivity contribution in [3.8, 4) is 0 Å². The Bertz CT molecular complexity index is 208. The lowest BCUT2D eigenvalue weighted by molar-refractivity contribution is 0.0247. The lowest BCUT2D eigenvalue weighted by Crippen LogP contribution is -2.57. The van der Waals surface area contributed by atoms with Gasteiger partial charge in [0, 0.05) is 24.7 Å². The summed E-state index contributed by atoms with van der Waals surface area (Å²) < 4.78 is 0. The minimum absolute atomic E-state index is 0.0674. The highest BCUT2D eigenvalue weighted by molar-refractivity contribution is 4.89. The Morgan fingerprint density at radius 3 is 2.44 bits per heavy atom. The van der Waals surface area contributed by atoms with E-state index in [0.717, 1.165) is 12.5 Å². The van der Waals surface area contributed by atoms with Gasteiger partial charge < -0.3 is 10.8 Å². The molecule has 0 bridgehead atoms. The van der Waals surface area contributed by atoms with Crippen molar-refractivity contribution in [1.29, 1.82) is 0 Å². The quantitative estimate of drug-likeness (QED) is 0.766. The van der Waals surface area contributed by atoms with Crippen molar-refractivity contribution in [1.82, 2.24) is 4.90 Å². The highest BCUT2D eigenvalue weighted by atomic mass is 16.3. The number of likely N-dealkylation sites (tertiary alicyclic amines) is 1. The van der Waals surface area contributed by atoms with Crippen LogP contribution in [0.3, 0.4) is 0 Å². The van der Waals surface area contributed by atoms with Crippen LogP contribution in [-0.4, -0.2) is 41.3 Å². The summed E-state index contributed by atoms with van der Waals surface area (Å²) in [6.07, 6.45) is 2.52. The maximum absolute atomic E-state index is 9.58. The molecule has 0 aliphatic carbocycles. The van der Waals surface area contributed by atoms with Crippen LogP contribution in [0.2, 0.25) is 0 Å². The Morgan fingerprint density at radius 1 is 1.31 bits per heavy atom. The Labute approximate surface area is 100 Å². The van der Waals surface area contributed by atoms with Crippen LogP contribution >= 0.6 is 0 Å². The third-order valence-corrected chi connectivity index (χ3v) is 3.99. The van der Waals surface area contributed by atoms with E-state index in [2.05, 4.69) is 32.6 Å². The molecule has 1 aliphatic rings. The third kappa shape index (κ3) is 3.19. The van der Waals surface area contributed by atoms with Gasteiger partial charge in [-0.3, -0.25) is 4.90 Å². The van der Waals surface area contributed by atoms with E-state index in [1.54, 1.807) is 0 Å². The number of hydrogen-bond acceptors (Lipinski definition) is 3. The molecule has 0 aromatic carbocycles. The van der Waals surface area contributed by atoms with Gasteiger partial charge >= 0.3 is 0 Å². The highest BCUT2D eigenvalue weighted by Gasteiger charge is 2.32. The van der Waals surface area contributed by atoms with Crippen LogP contribution in [-0.2, 0) is 0 Å². The molecule has 4 atom stereocenters. The molecule has 0 aromatic heterocycles. The van der Waals surface area contributed by atoms with Crippen LogP contribution in [0, 0.1) is 11.8 Å². The van der Waals surface area contributed by atoms with Crippen LogP contribution in [0.1, 0.15) is 40.5 Å². The smallest absolute Gasteiger partial charge is 0.0602 e. The Balaban J connectivity index is 2.69. The zero-order chi connectivity index (χ0) is 12.3. The van der Waals surface area contributed by atoms with Crippen molar-refractivity contribution in [2.24, 2.45) is 17.6 Å². The predicted molar refractivity (Wildman–Crippen MR) is 68.3 cm³/mol. The summed E-state index contributed by atoms with van der Waals surface area (Å²) >= 11 is 0. The summed E-state index contributed by atoms with van der Waals surface area (Å²) in [7, 11) is 0. The van der Waals surface area contributed by atoms with E-state index in [4.69, 9.17) is 5.73 Å². The molecule has 1 rings (SSSR count). The van der Waals surface area contributed by atoms with E-state index in [0.29, 0.717) is 12.0 Å². The van der Waals surface area contributed by atoms with E-state index in [9.17, 15) is 5.11 Å². The zero-order valence-corrected chi connectivity index (χ0v) is 11.2. The van der Waals surface area contributed by atoms with Crippen molar-refractivity contribution < 1.29 is 5.11 Å². The molecule has 0 amide bonds. The fourth-order valence-corrected chi connectivity index (χ4v) is 2.68. The van der Waals surface area contributed by atoms with Gasteiger partial charge in [-0.05, 0) is 31.6 Å². The number of nitrogens with zero attached hydrogens (tertiary/aromatic N) is 1. The first-order valence-corrected chi connectivity index (χ1v) is 6.59. The van der Waals surface area contributed by atoms with Gasteiger partial charge in [0.05, 0.1) is 6.61 Å². The minimum Gasteiger partial charge on any atom is -0.395 e. The van der Waals surface area contributed by atoms with Gasteiger partial charge in [-0.15, -0.1) is 0 Å². The molecule has 1 aliphatic heterocycles. The van der Waals surface area contributed by atoms with Crippen LogP contribution in [0.4, 0.5) is 0 Å². The summed E-state index contributed by atoms with van der Waals surface area (Å²) in [4.78, 5) is 2.42. The molecular formula is C13H28N2O. The van der Waals surface area contributed by atoms with Crippen LogP contribution in [0.15, 0.2) is 0 Å². The summed E-state index contributed by atoms with van der Waals surface area (Å²) in [5.41, 5.74) is 6.21. The zero-order valence-electron chi connectivity index (χ0n) is 11.2. The third-order valence-electron chi connectivity index (χ3n) is 3.99. The van der Waals surface area contributed by atoms with E-state index < -0.39 is 0 Å². The second-order valence-electron chi connectivity index (χ2n) is 5.80. The van der Waals surface area contributed by atoms with Gasteiger partial charge in [0.15, 0.2) is 0 Å². The Kier molecular flexibility index (Phi) is 5.22. The molecule has 1 saturated heterocycles. The first kappa shape index (κ1) is 13.9. The summed E-state index contributed by atoms with van der Waals surface area (Å²) in [6, 6.07) is 0.744. The minimum atomic E-state index is 0.0674. The van der Waals surface area contributed by atoms with E-state index in [-0.39, 0.29) is 18.7 Å². The van der Waals surface area contributed by atoms with Gasteiger partial charge in [0.25, 0.3) is 0 Å². The Morgan fingerprint density at radius 2 is 1.94 bits per heavy atom. The molecule has 16 heavy (non-hydrogen) atoms. The predicted octanol–water partition coefficient (Wildman–Crippen LogP) is 1.45. The van der Waals surface area contributed by atoms with Gasteiger partial charge in [0.1, 0.15) is 0 Å². The topological polar surface area (TPSA) is 49.5 Å². The number of hydrogen-bond donors (Lipinski definition) is 2. The molecule has 96 valence electrons. The average molecular weight is 228 g/mol. The fraction of sp³-hybridized carbons (Fsp3) is 1.00. The van der Waals surface area contributed by atoms with Crippen molar-refractivity contribution >= 4 is 0 Å². The lowest BCUT2D eigenvalue weighted by atomic mass is 9.89. The fourth-order valence-electron chi connectivity index (χ4n) is 2.68. The second kappa shape index (κ2) is 5.99. The van der Waals surface area contributed by atoms with E-state index >= 15 is 0 Å². The standard InChI is InChI=1S/C13H28N2O/c1-9(2)13(14)12(8-16)15-7-10(3)5-6-11(15)4/h9-13,16H,5-8,14H2,1-4H3. The number of aliphatic hydroxyl groups is 1. The van der Waals surface area contributed by atoms with Gasteiger partial charge in [-0.2, -0.15) is 0 Å². The monoisotopic (exact) mass is 228 g/mol. The molecule has 0 saturated carbocycles. The second-order valence-corrected chi connectivity index (χ2v) is 5.80. The maximum atomic E-state index is 9.58. The Hall–Kier alpha value is -0.120. The number of rotatable bonds is 4. The first-order chi connectivity index (χ1) is 7.47. The van der Waals surface area contributed by atoms with Crippen molar-refractivity contribution in [3.63, 3.8) is 0 Å². The van der Waals surface area contributed by atoms with E-state index in [1.165, 1.54) is 12.8 Å². The SMILES string of the molecule is CC1CCC(C)N(C(CO)C(N)C(C)C)C1. The van der Waals surface area contributed by atoms with Gasteiger partial charge in [-0.1, -0.05) is 20.8 Å². The highest BCUT2D eigenvalue weighted by Crippen LogP contribution is 2.25. The maximum Gasteiger partial charge on any atom is 0.0602 e. The largest absolute Gasteiger partial charge is 0.395 e. The molecule has 3 N–H and O–H groups in total. The molecule has 3 heteroatoms. The van der Waals surface area contributed by atoms with Crippen LogP contribution in [0.25, 0.3) is 0 Å². The molecular weight excluding hydrogens is 200 g/mol. The first-order valence-electron chi connectivity index (χ1n) is 6.59. The number of aliphatic hydroxyl groups excluding tert-OH is 1. The van der Waals surface area contributed by atoms with Crippen molar-refractivity contribution in [3.05, 3.63) is 0 Å². The number of nitrogens with two attached hydrogens (primary N) is 1. The molecule has 0 radical (unpaired) electrons. The van der Waals surface area contributed by atoms with E-state index in [1.807, 2.05) is 0 Å². The summed E-state index contributed by atoms with van der Waals surface area (Å²) in [5.74, 6) is 1.14. The number of piperidine rings is 1. The van der Waals surface area contributed by atoms with Crippen LogP contribution < -0.4 is 5.73 Å². The van der Waals surface area contributed by atoms with Crippen LogP contribution in [0.5, 0.6) is 0 Å². The molecule has 0 aromatic rings. The summed E-state index contributed by atoms with van der Waals surface area (Å²) in [6.45, 7) is 10.1. The molecule has 0 spiro atoms. The lowest BCUT2D eigenvalue weighted by Gasteiger charge is -2.44. The van der Waals surface area contributed by atoms with Gasteiger partial charge in [-0.25, -0.2) is 0 Å². The van der Waals surface area contributed by atoms with Crippen molar-refractivity contribution in [2.45, 2.75) is 58.7 Å². The molecule has 4 unspecified atom stereocenters. The molecule has 1 heterocycles. The summed E-state index contributed by atoms with van der Waals surface area (Å²) in [5, 5.41) is 9.58. The molecule has 3 nitrogen and oxygen atoms in total.